The number of methoxy groups -OCH3 is 3. The van der Waals surface area contributed by atoms with Crippen molar-refractivity contribution in [3.63, 3.8) is 0 Å². The second-order valence-corrected chi connectivity index (χ2v) is 7.98. The summed E-state index contributed by atoms with van der Waals surface area (Å²) in [7, 11) is 4.71. The highest BCUT2D eigenvalue weighted by Gasteiger charge is 2.34. The van der Waals surface area contributed by atoms with Gasteiger partial charge >= 0.3 is 12.1 Å². The zero-order chi connectivity index (χ0) is 22.8. The molecule has 0 saturated carbocycles. The van der Waals surface area contributed by atoms with Crippen molar-refractivity contribution in [2.75, 3.05) is 41.1 Å². The summed E-state index contributed by atoms with van der Waals surface area (Å²) in [6.45, 7) is 5.07. The first-order valence-corrected chi connectivity index (χ1v) is 10.8. The van der Waals surface area contributed by atoms with Gasteiger partial charge in [-0.25, -0.2) is 9.59 Å². The summed E-state index contributed by atoms with van der Waals surface area (Å²) in [5.41, 5.74) is 0.988. The van der Waals surface area contributed by atoms with Crippen LogP contribution < -0.4 is 14.2 Å². The highest BCUT2D eigenvalue weighted by Crippen LogP contribution is 2.38. The molecule has 1 aliphatic heterocycles. The Labute approximate surface area is 184 Å². The van der Waals surface area contributed by atoms with E-state index in [1.165, 1.54) is 4.90 Å². The fourth-order valence-electron chi connectivity index (χ4n) is 3.54. The smallest absolute Gasteiger partial charge is 0.410 e. The van der Waals surface area contributed by atoms with E-state index in [0.717, 1.165) is 18.4 Å². The van der Waals surface area contributed by atoms with Gasteiger partial charge in [-0.3, -0.25) is 4.90 Å². The van der Waals surface area contributed by atoms with Crippen LogP contribution in [0.5, 0.6) is 17.2 Å². The summed E-state index contributed by atoms with van der Waals surface area (Å²) in [4.78, 5) is 26.5. The third kappa shape index (κ3) is 6.94. The number of ether oxygens (including phenoxy) is 5. The maximum atomic E-state index is 12.6. The fraction of sp³-hybridized carbons (Fsp3) is 0.652. The number of hydrogen-bond donors (Lipinski definition) is 0. The second kappa shape index (κ2) is 12.3. The van der Waals surface area contributed by atoms with Gasteiger partial charge < -0.3 is 23.7 Å². The Hall–Kier alpha value is -2.64. The van der Waals surface area contributed by atoms with Crippen molar-refractivity contribution in [2.45, 2.75) is 52.0 Å². The lowest BCUT2D eigenvalue weighted by Crippen LogP contribution is -2.49. The number of amides is 1. The molecule has 1 fully saturated rings. The van der Waals surface area contributed by atoms with E-state index in [0.29, 0.717) is 49.7 Å². The molecule has 0 N–H and O–H groups in total. The monoisotopic (exact) mass is 437 g/mol. The molecule has 8 nitrogen and oxygen atoms in total. The number of nitrogens with zero attached hydrogens (tertiary/aromatic N) is 1. The van der Waals surface area contributed by atoms with E-state index >= 15 is 0 Å². The van der Waals surface area contributed by atoms with Gasteiger partial charge in [0.1, 0.15) is 6.04 Å². The largest absolute Gasteiger partial charge is 0.493 e. The third-order valence-corrected chi connectivity index (χ3v) is 5.13. The lowest BCUT2D eigenvalue weighted by molar-refractivity contribution is -0.150. The zero-order valence-electron chi connectivity index (χ0n) is 19.3. The minimum Gasteiger partial charge on any atom is -0.493 e. The molecule has 1 unspecified atom stereocenters. The number of piperidine rings is 1. The number of carbonyl (C=O) groups excluding carboxylic acids is 2. The average Bonchev–Trinajstić information content (AvgIpc) is 2.79. The van der Waals surface area contributed by atoms with Crippen molar-refractivity contribution >= 4 is 12.1 Å². The maximum absolute atomic E-state index is 12.6. The van der Waals surface area contributed by atoms with E-state index in [-0.39, 0.29) is 18.5 Å². The summed E-state index contributed by atoms with van der Waals surface area (Å²) in [6, 6.07) is 3.20. The SMILES string of the molecule is COc1cc(CCCOC(=O)C2CCCCN2C(=O)OCC(C)C)cc(OC)c1OC. The van der Waals surface area contributed by atoms with Gasteiger partial charge in [-0.1, -0.05) is 13.8 Å². The van der Waals surface area contributed by atoms with Crippen LogP contribution in [-0.2, 0) is 20.7 Å². The summed E-state index contributed by atoms with van der Waals surface area (Å²) < 4.78 is 26.9. The topological polar surface area (TPSA) is 83.5 Å². The predicted octanol–water partition coefficient (Wildman–Crippen LogP) is 3.84. The third-order valence-electron chi connectivity index (χ3n) is 5.13. The van der Waals surface area contributed by atoms with Gasteiger partial charge in [-0.15, -0.1) is 0 Å². The van der Waals surface area contributed by atoms with Crippen LogP contribution in [0.1, 0.15) is 45.1 Å². The molecule has 1 saturated heterocycles. The molecule has 8 heteroatoms. The van der Waals surface area contributed by atoms with Crippen LogP contribution in [0.2, 0.25) is 0 Å². The predicted molar refractivity (Wildman–Crippen MR) is 116 cm³/mol. The molecular weight excluding hydrogens is 402 g/mol. The van der Waals surface area contributed by atoms with Gasteiger partial charge in [-0.05, 0) is 55.7 Å². The standard InChI is InChI=1S/C23H35NO7/c1-16(2)15-31-23(26)24-11-7-6-10-18(24)22(25)30-12-8-9-17-13-19(27-3)21(29-5)20(14-17)28-4/h13-14,16,18H,6-12,15H2,1-5H3. The van der Waals surface area contributed by atoms with E-state index in [1.807, 2.05) is 26.0 Å². The van der Waals surface area contributed by atoms with Crippen molar-refractivity contribution in [3.8, 4) is 17.2 Å². The van der Waals surface area contributed by atoms with Gasteiger partial charge in [0, 0.05) is 6.54 Å². The molecule has 31 heavy (non-hydrogen) atoms. The Balaban J connectivity index is 1.88. The number of esters is 1. The Morgan fingerprint density at radius 3 is 2.29 bits per heavy atom. The molecular formula is C23H35NO7. The number of benzene rings is 1. The Morgan fingerprint density at radius 1 is 1.03 bits per heavy atom. The summed E-state index contributed by atoms with van der Waals surface area (Å²) in [5.74, 6) is 1.60. The second-order valence-electron chi connectivity index (χ2n) is 7.98. The molecule has 0 bridgehead atoms. The molecule has 2 rings (SSSR count). The lowest BCUT2D eigenvalue weighted by atomic mass is 10.0. The number of aryl methyl sites for hydroxylation is 1. The Morgan fingerprint density at radius 2 is 1.71 bits per heavy atom. The first kappa shape index (κ1) is 24.6. The minimum atomic E-state index is -0.574. The number of likely N-dealkylation sites (tertiary alicyclic amines) is 1. The van der Waals surface area contributed by atoms with Crippen molar-refractivity contribution in [3.05, 3.63) is 17.7 Å². The average molecular weight is 438 g/mol. The summed E-state index contributed by atoms with van der Waals surface area (Å²) in [6.07, 6.45) is 3.22. The van der Waals surface area contributed by atoms with Crippen LogP contribution in [0.4, 0.5) is 4.79 Å². The number of carbonyl (C=O) groups is 2. The lowest BCUT2D eigenvalue weighted by Gasteiger charge is -2.33. The van der Waals surface area contributed by atoms with Crippen LogP contribution in [0.25, 0.3) is 0 Å². The maximum Gasteiger partial charge on any atom is 0.410 e. The molecule has 1 aliphatic rings. The molecule has 1 atom stereocenters. The van der Waals surface area contributed by atoms with Crippen molar-refractivity contribution in [2.24, 2.45) is 5.92 Å². The molecule has 1 aromatic carbocycles. The van der Waals surface area contributed by atoms with E-state index in [1.54, 1.807) is 21.3 Å². The van der Waals surface area contributed by atoms with Crippen LogP contribution in [0.3, 0.4) is 0 Å². The van der Waals surface area contributed by atoms with Crippen molar-refractivity contribution in [1.82, 2.24) is 4.90 Å². The van der Waals surface area contributed by atoms with Crippen LogP contribution in [-0.4, -0.2) is 64.1 Å². The van der Waals surface area contributed by atoms with E-state index in [4.69, 9.17) is 23.7 Å². The van der Waals surface area contributed by atoms with Crippen LogP contribution in [0.15, 0.2) is 12.1 Å². The highest BCUT2D eigenvalue weighted by molar-refractivity contribution is 5.81. The molecule has 1 amide bonds. The van der Waals surface area contributed by atoms with Gasteiger partial charge in [0.15, 0.2) is 11.5 Å². The number of hydrogen-bond acceptors (Lipinski definition) is 7. The summed E-state index contributed by atoms with van der Waals surface area (Å²) in [5, 5.41) is 0. The molecule has 1 heterocycles. The van der Waals surface area contributed by atoms with Gasteiger partial charge in [0.2, 0.25) is 5.75 Å². The van der Waals surface area contributed by atoms with Gasteiger partial charge in [0.25, 0.3) is 0 Å². The molecule has 0 aromatic heterocycles. The Bertz CT molecular complexity index is 710. The minimum absolute atomic E-state index is 0.245. The summed E-state index contributed by atoms with van der Waals surface area (Å²) >= 11 is 0. The van der Waals surface area contributed by atoms with E-state index in [2.05, 4.69) is 0 Å². The first-order valence-electron chi connectivity index (χ1n) is 10.8. The highest BCUT2D eigenvalue weighted by atomic mass is 16.6. The fourth-order valence-corrected chi connectivity index (χ4v) is 3.54. The molecule has 1 aromatic rings. The quantitative estimate of drug-likeness (QED) is 0.406. The zero-order valence-corrected chi connectivity index (χ0v) is 19.3. The van der Waals surface area contributed by atoms with Crippen LogP contribution in [0, 0.1) is 5.92 Å². The van der Waals surface area contributed by atoms with Crippen LogP contribution >= 0.6 is 0 Å². The Kier molecular flexibility index (Phi) is 9.75. The molecule has 0 aliphatic carbocycles. The molecule has 0 spiro atoms. The number of rotatable bonds is 10. The van der Waals surface area contributed by atoms with Crippen molar-refractivity contribution < 1.29 is 33.3 Å². The van der Waals surface area contributed by atoms with Gasteiger partial charge in [0.05, 0.1) is 34.5 Å². The van der Waals surface area contributed by atoms with E-state index in [9.17, 15) is 9.59 Å². The van der Waals surface area contributed by atoms with Crippen molar-refractivity contribution in [1.29, 1.82) is 0 Å². The molecule has 174 valence electrons. The first-order chi connectivity index (χ1) is 14.9. The molecule has 0 radical (unpaired) electrons. The normalized spacial score (nSPS) is 16.1. The van der Waals surface area contributed by atoms with E-state index < -0.39 is 12.1 Å². The van der Waals surface area contributed by atoms with Gasteiger partial charge in [-0.2, -0.15) is 0 Å².